The molecule has 0 heterocycles. The third-order valence-electron chi connectivity index (χ3n) is 3.43. The lowest BCUT2D eigenvalue weighted by atomic mass is 10.0. The van der Waals surface area contributed by atoms with E-state index in [1.165, 1.54) is 77.0 Å². The fraction of sp³-hybridized carbons (Fsp3) is 0.833. The topological polar surface area (TPSA) is 9.23 Å². The summed E-state index contributed by atoms with van der Waals surface area (Å²) in [6.45, 7) is 3.84. The number of ether oxygens (including phenoxy) is 1. The summed E-state index contributed by atoms with van der Waals surface area (Å²) < 4.78 is 4.76. The summed E-state index contributed by atoms with van der Waals surface area (Å²) in [6, 6.07) is 0. The molecule has 0 aromatic carbocycles. The van der Waals surface area contributed by atoms with Crippen LogP contribution in [0.1, 0.15) is 90.4 Å². The van der Waals surface area contributed by atoms with E-state index in [4.69, 9.17) is 4.74 Å². The third-order valence-corrected chi connectivity index (χ3v) is 3.43. The Morgan fingerprint density at radius 3 is 1.68 bits per heavy atom. The van der Waals surface area contributed by atoms with Crippen molar-refractivity contribution in [3.8, 4) is 11.8 Å². The fourth-order valence-electron chi connectivity index (χ4n) is 2.23. The maximum atomic E-state index is 4.76. The summed E-state index contributed by atoms with van der Waals surface area (Å²) in [4.78, 5) is 0. The highest BCUT2D eigenvalue weighted by molar-refractivity contribution is 5.05. The normalized spacial score (nSPS) is 10.2. The highest BCUT2D eigenvalue weighted by Gasteiger charge is 1.92. The lowest BCUT2D eigenvalue weighted by molar-refractivity contribution is 0.301. The fourth-order valence-corrected chi connectivity index (χ4v) is 2.23. The van der Waals surface area contributed by atoms with Crippen molar-refractivity contribution in [2.24, 2.45) is 0 Å². The molecule has 0 aromatic heterocycles. The second kappa shape index (κ2) is 17.5. The monoisotopic (exact) mass is 265 g/mol. The molecule has 0 saturated carbocycles. The molecule has 0 fully saturated rings. The zero-order valence-electron chi connectivity index (χ0n) is 13.2. The minimum atomic E-state index is 1.01. The smallest absolute Gasteiger partial charge is 0.155 e. The van der Waals surface area contributed by atoms with E-state index < -0.39 is 0 Å². The molecule has 0 aliphatic rings. The predicted octanol–water partition coefficient (Wildman–Crippen LogP) is 5.89. The van der Waals surface area contributed by atoms with Gasteiger partial charge >= 0.3 is 0 Å². The number of hydrogen-bond acceptors (Lipinski definition) is 1. The average molecular weight is 265 g/mol. The molecule has 0 amide bonds. The zero-order valence-corrected chi connectivity index (χ0v) is 13.2. The minimum absolute atomic E-state index is 1.01. The summed E-state index contributed by atoms with van der Waals surface area (Å²) in [5.74, 6) is 5.97. The number of hydrogen-bond donors (Lipinski definition) is 0. The Bertz CT molecular complexity index is 211. The summed E-state index contributed by atoms with van der Waals surface area (Å²) >= 11 is 0. The van der Waals surface area contributed by atoms with Crippen molar-refractivity contribution in [3.63, 3.8) is 0 Å². The van der Waals surface area contributed by atoms with E-state index in [2.05, 4.69) is 18.8 Å². The van der Waals surface area contributed by atoms with Crippen molar-refractivity contribution < 1.29 is 4.74 Å². The van der Waals surface area contributed by atoms with Crippen LogP contribution in [0.25, 0.3) is 0 Å². The Morgan fingerprint density at radius 1 is 0.737 bits per heavy atom. The van der Waals surface area contributed by atoms with Gasteiger partial charge in [-0.1, -0.05) is 83.5 Å². The third kappa shape index (κ3) is 17.5. The van der Waals surface area contributed by atoms with Crippen molar-refractivity contribution in [1.82, 2.24) is 0 Å². The molecule has 0 aromatic rings. The first kappa shape index (κ1) is 18.5. The zero-order chi connectivity index (χ0) is 14.0. The number of unbranched alkanes of at least 4 members (excludes halogenated alkanes) is 12. The Labute approximate surface area is 121 Å². The second-order valence-electron chi connectivity index (χ2n) is 5.31. The SMILES string of the molecule is CCCCCCCCCCCCCCC#C[CH]OC. The highest BCUT2D eigenvalue weighted by atomic mass is 16.5. The van der Waals surface area contributed by atoms with Gasteiger partial charge < -0.3 is 4.74 Å². The van der Waals surface area contributed by atoms with Crippen LogP contribution in [0.3, 0.4) is 0 Å². The molecule has 0 unspecified atom stereocenters. The van der Waals surface area contributed by atoms with Gasteiger partial charge in [0.2, 0.25) is 0 Å². The predicted molar refractivity (Wildman–Crippen MR) is 84.8 cm³/mol. The van der Waals surface area contributed by atoms with Crippen molar-refractivity contribution in [2.75, 3.05) is 7.11 Å². The lowest BCUT2D eigenvalue weighted by Gasteiger charge is -2.01. The summed E-state index contributed by atoms with van der Waals surface area (Å²) in [6.07, 6.45) is 17.8. The van der Waals surface area contributed by atoms with E-state index in [9.17, 15) is 0 Å². The van der Waals surface area contributed by atoms with E-state index in [1.54, 1.807) is 13.7 Å². The standard InChI is InChI=1S/C18H33O/c1-3-4-5-6-7-8-9-10-11-12-13-14-15-16-17-18-19-2/h18H,3-15H2,1-2H3. The van der Waals surface area contributed by atoms with Crippen molar-refractivity contribution in [2.45, 2.75) is 90.4 Å². The van der Waals surface area contributed by atoms with Crippen LogP contribution in [0, 0.1) is 18.4 Å². The maximum absolute atomic E-state index is 4.76. The molecule has 0 spiro atoms. The van der Waals surface area contributed by atoms with Crippen LogP contribution in [0.4, 0.5) is 0 Å². The molecule has 0 bridgehead atoms. The first-order valence-electron chi connectivity index (χ1n) is 8.24. The van der Waals surface area contributed by atoms with Gasteiger partial charge in [0.15, 0.2) is 6.61 Å². The Hall–Kier alpha value is -0.480. The quantitative estimate of drug-likeness (QED) is 0.298. The van der Waals surface area contributed by atoms with E-state index in [1.807, 2.05) is 0 Å². The van der Waals surface area contributed by atoms with Gasteiger partial charge in [-0.05, 0) is 6.42 Å². The largest absolute Gasteiger partial charge is 0.365 e. The molecule has 0 saturated heterocycles. The van der Waals surface area contributed by atoms with Gasteiger partial charge in [-0.25, -0.2) is 0 Å². The van der Waals surface area contributed by atoms with Crippen molar-refractivity contribution in [3.05, 3.63) is 6.61 Å². The van der Waals surface area contributed by atoms with Crippen LogP contribution in [0.5, 0.6) is 0 Å². The van der Waals surface area contributed by atoms with E-state index in [0.29, 0.717) is 0 Å². The van der Waals surface area contributed by atoms with Crippen LogP contribution >= 0.6 is 0 Å². The minimum Gasteiger partial charge on any atom is -0.365 e. The van der Waals surface area contributed by atoms with Crippen LogP contribution in [0.15, 0.2) is 0 Å². The first-order chi connectivity index (χ1) is 9.41. The van der Waals surface area contributed by atoms with Gasteiger partial charge in [0, 0.05) is 13.5 Å². The molecule has 1 heteroatoms. The molecule has 1 nitrogen and oxygen atoms in total. The van der Waals surface area contributed by atoms with Crippen molar-refractivity contribution >= 4 is 0 Å². The van der Waals surface area contributed by atoms with Gasteiger partial charge in [-0.15, -0.1) is 5.92 Å². The highest BCUT2D eigenvalue weighted by Crippen LogP contribution is 2.12. The molecule has 0 N–H and O–H groups in total. The van der Waals surface area contributed by atoms with Crippen LogP contribution in [-0.2, 0) is 4.74 Å². The molecular formula is C18H33O. The molecule has 0 atom stereocenters. The van der Waals surface area contributed by atoms with Crippen molar-refractivity contribution in [1.29, 1.82) is 0 Å². The Morgan fingerprint density at radius 2 is 1.21 bits per heavy atom. The second-order valence-corrected chi connectivity index (χ2v) is 5.31. The summed E-state index contributed by atoms with van der Waals surface area (Å²) in [7, 11) is 1.64. The van der Waals surface area contributed by atoms with E-state index >= 15 is 0 Å². The Balaban J connectivity index is 2.97. The molecule has 111 valence electrons. The molecular weight excluding hydrogens is 232 g/mol. The number of methoxy groups -OCH3 is 1. The molecule has 0 aliphatic heterocycles. The summed E-state index contributed by atoms with van der Waals surface area (Å²) in [5.41, 5.74) is 0. The van der Waals surface area contributed by atoms with Gasteiger partial charge in [0.25, 0.3) is 0 Å². The van der Waals surface area contributed by atoms with Gasteiger partial charge in [-0.2, -0.15) is 0 Å². The molecule has 1 radical (unpaired) electrons. The average Bonchev–Trinajstić information content (AvgIpc) is 2.43. The van der Waals surface area contributed by atoms with Crippen LogP contribution in [0.2, 0.25) is 0 Å². The molecule has 0 rings (SSSR count). The van der Waals surface area contributed by atoms with E-state index in [0.717, 1.165) is 6.42 Å². The summed E-state index contributed by atoms with van der Waals surface area (Å²) in [5, 5.41) is 0. The molecule has 19 heavy (non-hydrogen) atoms. The lowest BCUT2D eigenvalue weighted by Crippen LogP contribution is -1.82. The van der Waals surface area contributed by atoms with E-state index in [-0.39, 0.29) is 0 Å². The van der Waals surface area contributed by atoms with Crippen LogP contribution < -0.4 is 0 Å². The van der Waals surface area contributed by atoms with Gasteiger partial charge in [0.1, 0.15) is 0 Å². The van der Waals surface area contributed by atoms with Gasteiger partial charge in [0.05, 0.1) is 0 Å². The molecule has 0 aliphatic carbocycles. The number of rotatable bonds is 13. The first-order valence-corrected chi connectivity index (χ1v) is 8.24. The van der Waals surface area contributed by atoms with Gasteiger partial charge in [-0.3, -0.25) is 0 Å². The Kier molecular flexibility index (Phi) is 17.1. The maximum Gasteiger partial charge on any atom is 0.155 e. The van der Waals surface area contributed by atoms with Crippen LogP contribution in [-0.4, -0.2) is 7.11 Å².